The van der Waals surface area contributed by atoms with E-state index < -0.39 is 11.9 Å². The molecule has 6 nitrogen and oxygen atoms in total. The third-order valence-corrected chi connectivity index (χ3v) is 9.67. The van der Waals surface area contributed by atoms with Gasteiger partial charge >= 0.3 is 6.09 Å². The highest BCUT2D eigenvalue weighted by molar-refractivity contribution is 6.30. The minimum Gasteiger partial charge on any atom is -0.465 e. The number of hydrogen-bond donors (Lipinski definition) is 1. The van der Waals surface area contributed by atoms with Gasteiger partial charge in [-0.25, -0.2) is 14.2 Å². The summed E-state index contributed by atoms with van der Waals surface area (Å²) in [5, 5.41) is 9.62. The number of para-hydroxylation sites is 2. The van der Waals surface area contributed by atoms with Crippen molar-refractivity contribution in [3.63, 3.8) is 0 Å². The number of amides is 1. The molecule has 3 saturated heterocycles. The molecule has 3 aliphatic heterocycles. The Kier molecular flexibility index (Phi) is 6.40. The Balaban J connectivity index is 1.21. The molecule has 2 atom stereocenters. The largest absolute Gasteiger partial charge is 0.465 e. The monoisotopic (exact) mass is 524 g/mol. The topological polar surface area (TPSA) is 61.6 Å². The van der Waals surface area contributed by atoms with E-state index in [9.17, 15) is 14.3 Å². The summed E-state index contributed by atoms with van der Waals surface area (Å²) in [6.45, 7) is 4.01. The molecule has 8 heteroatoms. The number of likely N-dealkylation sites (tertiary alicyclic amines) is 1. The van der Waals surface area contributed by atoms with Crippen LogP contribution in [0.5, 0.6) is 0 Å². The van der Waals surface area contributed by atoms with Crippen molar-refractivity contribution in [3.8, 4) is 0 Å². The molecule has 0 aliphatic carbocycles. The molecule has 3 aliphatic rings. The van der Waals surface area contributed by atoms with Crippen LogP contribution in [0.3, 0.4) is 0 Å². The highest BCUT2D eigenvalue weighted by Crippen LogP contribution is 2.45. The van der Waals surface area contributed by atoms with Crippen LogP contribution in [0.2, 0.25) is 5.02 Å². The van der Waals surface area contributed by atoms with Gasteiger partial charge in [-0.15, -0.1) is 0 Å². The van der Waals surface area contributed by atoms with Crippen LogP contribution in [0.4, 0.5) is 9.18 Å². The van der Waals surface area contributed by atoms with Gasteiger partial charge in [0.25, 0.3) is 0 Å². The predicted octanol–water partition coefficient (Wildman–Crippen LogP) is 6.41. The summed E-state index contributed by atoms with van der Waals surface area (Å²) in [4.78, 5) is 20.6. The predicted molar refractivity (Wildman–Crippen MR) is 143 cm³/mol. The number of aryl methyl sites for hydroxylation is 1. The molecule has 3 aromatic rings. The molecule has 6 rings (SSSR count). The fourth-order valence-electron chi connectivity index (χ4n) is 7.43. The third kappa shape index (κ3) is 4.40. The first kappa shape index (κ1) is 24.7. The molecule has 0 saturated carbocycles. The maximum Gasteiger partial charge on any atom is 0.407 e. The Bertz CT molecular complexity index is 1300. The number of halogens is 2. The molecule has 1 aromatic heterocycles. The molecule has 196 valence electrons. The summed E-state index contributed by atoms with van der Waals surface area (Å²) in [5.41, 5.74) is 3.00. The van der Waals surface area contributed by atoms with Gasteiger partial charge in [0.15, 0.2) is 0 Å². The lowest BCUT2D eigenvalue weighted by Crippen LogP contribution is -2.49. The van der Waals surface area contributed by atoms with Crippen LogP contribution in [0.15, 0.2) is 42.5 Å². The zero-order valence-corrected chi connectivity index (χ0v) is 22.0. The Labute approximate surface area is 222 Å². The number of hydrogen-bond acceptors (Lipinski definition) is 3. The Morgan fingerprint density at radius 2 is 1.81 bits per heavy atom. The molecule has 1 amide bonds. The van der Waals surface area contributed by atoms with Gasteiger partial charge in [0.2, 0.25) is 0 Å². The summed E-state index contributed by atoms with van der Waals surface area (Å²) in [5.74, 6) is 0.691. The molecule has 0 spiro atoms. The van der Waals surface area contributed by atoms with Gasteiger partial charge in [0.05, 0.1) is 16.1 Å². The molecule has 37 heavy (non-hydrogen) atoms. The van der Waals surface area contributed by atoms with Crippen molar-refractivity contribution >= 4 is 28.7 Å². The van der Waals surface area contributed by atoms with E-state index in [1.54, 1.807) is 12.1 Å². The van der Waals surface area contributed by atoms with Crippen molar-refractivity contribution in [2.75, 3.05) is 19.6 Å². The standard InChI is InChI=1S/C29H34ClFN4O2/c1-19-32-26-4-2-3-5-27(26)35(19)23-17-21-7-8-22(18-23)34(21)15-12-29(10-13-33(14-11-29)28(36)37)20-6-9-24(30)25(31)16-20/h2-6,9,16,21-23H,7-8,10-15,17-18H2,1H3,(H,36,37). The van der Waals surface area contributed by atoms with Crippen LogP contribution < -0.4 is 0 Å². The van der Waals surface area contributed by atoms with Crippen LogP contribution in [-0.2, 0) is 5.41 Å². The number of aromatic nitrogens is 2. The smallest absolute Gasteiger partial charge is 0.407 e. The first-order valence-electron chi connectivity index (χ1n) is 13.5. The number of carbonyl (C=O) groups is 1. The summed E-state index contributed by atoms with van der Waals surface area (Å²) in [6.07, 6.45) is 6.08. The van der Waals surface area contributed by atoms with Crippen molar-refractivity contribution in [3.05, 3.63) is 64.7 Å². The van der Waals surface area contributed by atoms with E-state index in [0.29, 0.717) is 44.1 Å². The van der Waals surface area contributed by atoms with Gasteiger partial charge < -0.3 is 14.6 Å². The quantitative estimate of drug-likeness (QED) is 0.419. The van der Waals surface area contributed by atoms with E-state index >= 15 is 0 Å². The fraction of sp³-hybridized carbons (Fsp3) is 0.517. The van der Waals surface area contributed by atoms with Crippen molar-refractivity contribution in [2.45, 2.75) is 75.4 Å². The average molecular weight is 525 g/mol. The number of fused-ring (bicyclic) bond motifs is 3. The molecule has 0 radical (unpaired) electrons. The molecule has 2 aromatic carbocycles. The van der Waals surface area contributed by atoms with E-state index in [2.05, 4.69) is 40.7 Å². The van der Waals surface area contributed by atoms with Crippen LogP contribution in [0, 0.1) is 12.7 Å². The summed E-state index contributed by atoms with van der Waals surface area (Å²) in [7, 11) is 0. The normalized spacial score (nSPS) is 25.6. The molecule has 2 unspecified atom stereocenters. The highest BCUT2D eigenvalue weighted by Gasteiger charge is 2.44. The molecule has 1 N–H and O–H groups in total. The number of nitrogens with zero attached hydrogens (tertiary/aromatic N) is 4. The second-order valence-electron chi connectivity index (χ2n) is 11.2. The lowest BCUT2D eigenvalue weighted by Gasteiger charge is -2.45. The maximum absolute atomic E-state index is 14.5. The second kappa shape index (κ2) is 9.59. The van der Waals surface area contributed by atoms with Crippen LogP contribution in [0.25, 0.3) is 11.0 Å². The van der Waals surface area contributed by atoms with Gasteiger partial charge in [-0.05, 0) is 93.7 Å². The third-order valence-electron chi connectivity index (χ3n) is 9.37. The van der Waals surface area contributed by atoms with Crippen molar-refractivity contribution in [1.29, 1.82) is 0 Å². The summed E-state index contributed by atoms with van der Waals surface area (Å²) < 4.78 is 17.0. The highest BCUT2D eigenvalue weighted by atomic mass is 35.5. The van der Waals surface area contributed by atoms with Gasteiger partial charge in [0, 0.05) is 31.2 Å². The van der Waals surface area contributed by atoms with Gasteiger partial charge in [-0.2, -0.15) is 0 Å². The second-order valence-corrected chi connectivity index (χ2v) is 11.6. The van der Waals surface area contributed by atoms with E-state index in [0.717, 1.165) is 42.7 Å². The average Bonchev–Trinajstić information content (AvgIpc) is 3.35. The van der Waals surface area contributed by atoms with Crippen molar-refractivity contribution in [2.24, 2.45) is 0 Å². The Hall–Kier alpha value is -2.64. The zero-order chi connectivity index (χ0) is 25.7. The number of carboxylic acid groups (broad SMARTS) is 1. The minimum absolute atomic E-state index is 0.129. The van der Waals surface area contributed by atoms with Crippen molar-refractivity contribution in [1.82, 2.24) is 19.4 Å². The first-order chi connectivity index (χ1) is 17.8. The van der Waals surface area contributed by atoms with Crippen LogP contribution >= 0.6 is 11.6 Å². The molecule has 2 bridgehead atoms. The molecular weight excluding hydrogens is 491 g/mol. The maximum atomic E-state index is 14.5. The Morgan fingerprint density at radius 3 is 2.49 bits per heavy atom. The Morgan fingerprint density at radius 1 is 1.11 bits per heavy atom. The summed E-state index contributed by atoms with van der Waals surface area (Å²) >= 11 is 6.00. The molecular formula is C29H34ClFN4O2. The van der Waals surface area contributed by atoms with Gasteiger partial charge in [0.1, 0.15) is 11.6 Å². The van der Waals surface area contributed by atoms with E-state index in [-0.39, 0.29) is 10.4 Å². The van der Waals surface area contributed by atoms with E-state index in [1.165, 1.54) is 23.3 Å². The van der Waals surface area contributed by atoms with Crippen molar-refractivity contribution < 1.29 is 14.3 Å². The van der Waals surface area contributed by atoms with Gasteiger partial charge in [-0.3, -0.25) is 4.90 Å². The SMILES string of the molecule is Cc1nc2ccccc2n1C1CC2CCC(C1)N2CCC1(c2ccc(Cl)c(F)c2)CCN(C(=O)O)CC1. The number of piperidine rings is 2. The first-order valence-corrected chi connectivity index (χ1v) is 13.9. The fourth-order valence-corrected chi connectivity index (χ4v) is 7.54. The minimum atomic E-state index is -0.877. The molecule has 3 fully saturated rings. The van der Waals surface area contributed by atoms with E-state index in [4.69, 9.17) is 16.6 Å². The summed E-state index contributed by atoms with van der Waals surface area (Å²) in [6, 6.07) is 15.1. The number of rotatable bonds is 5. The zero-order valence-electron chi connectivity index (χ0n) is 21.2. The van der Waals surface area contributed by atoms with E-state index in [1.807, 2.05) is 6.07 Å². The lowest BCUT2D eigenvalue weighted by molar-refractivity contribution is 0.0799. The van der Waals surface area contributed by atoms with Crippen LogP contribution in [0.1, 0.15) is 62.4 Å². The van der Waals surface area contributed by atoms with Gasteiger partial charge in [-0.1, -0.05) is 29.8 Å². The van der Waals surface area contributed by atoms with Crippen LogP contribution in [-0.4, -0.2) is 62.3 Å². The molecule has 4 heterocycles. The number of imidazole rings is 1. The number of benzene rings is 2. The lowest BCUT2D eigenvalue weighted by atomic mass is 9.70.